The largest absolute Gasteiger partial charge is 0.496 e. The van der Waals surface area contributed by atoms with Gasteiger partial charge in [0.25, 0.3) is 0 Å². The highest BCUT2D eigenvalue weighted by Crippen LogP contribution is 2.32. The Balaban J connectivity index is 2.35. The summed E-state index contributed by atoms with van der Waals surface area (Å²) in [6, 6.07) is 10.9. The summed E-state index contributed by atoms with van der Waals surface area (Å²) in [6.07, 6.45) is -0.757. The lowest BCUT2D eigenvalue weighted by Crippen LogP contribution is -2.01. The number of hydrogen-bond acceptors (Lipinski definition) is 3. The first-order chi connectivity index (χ1) is 9.56. The van der Waals surface area contributed by atoms with Crippen LogP contribution in [-0.4, -0.2) is 19.3 Å². The Bertz CT molecular complexity index is 611. The van der Waals surface area contributed by atoms with Crippen molar-refractivity contribution in [2.45, 2.75) is 13.0 Å². The fraction of sp³-hybridized carbons (Fsp3) is 0.250. The third kappa shape index (κ3) is 2.89. The van der Waals surface area contributed by atoms with Gasteiger partial charge in [-0.1, -0.05) is 29.8 Å². The van der Waals surface area contributed by atoms with Crippen LogP contribution in [0, 0.1) is 6.92 Å². The van der Waals surface area contributed by atoms with Crippen LogP contribution in [0.1, 0.15) is 22.8 Å². The van der Waals surface area contributed by atoms with Gasteiger partial charge in [-0.2, -0.15) is 0 Å². The van der Waals surface area contributed by atoms with Crippen molar-refractivity contribution in [3.8, 4) is 11.5 Å². The SMILES string of the molecule is COc1cc(C(O)c2ccc(OC)c(Cl)c2)ccc1C. The molecule has 0 heterocycles. The molecular formula is C16H17ClO3. The van der Waals surface area contributed by atoms with Crippen LogP contribution in [0.15, 0.2) is 36.4 Å². The average Bonchev–Trinajstić information content (AvgIpc) is 2.47. The number of hydrogen-bond donors (Lipinski definition) is 1. The fourth-order valence-electron chi connectivity index (χ4n) is 2.05. The van der Waals surface area contributed by atoms with Gasteiger partial charge in [-0.05, 0) is 41.8 Å². The van der Waals surface area contributed by atoms with Gasteiger partial charge in [0.05, 0.1) is 19.2 Å². The molecule has 2 aromatic carbocycles. The molecule has 1 N–H and O–H groups in total. The minimum Gasteiger partial charge on any atom is -0.496 e. The molecule has 0 aliphatic rings. The first-order valence-corrected chi connectivity index (χ1v) is 6.60. The summed E-state index contributed by atoms with van der Waals surface area (Å²) in [4.78, 5) is 0. The molecular weight excluding hydrogens is 276 g/mol. The predicted octanol–water partition coefficient (Wildman–Crippen LogP) is 3.75. The number of aliphatic hydroxyl groups excluding tert-OH is 1. The molecule has 0 aliphatic carbocycles. The molecule has 1 unspecified atom stereocenters. The van der Waals surface area contributed by atoms with Crippen LogP contribution in [0.2, 0.25) is 5.02 Å². The number of halogens is 1. The summed E-state index contributed by atoms with van der Waals surface area (Å²) in [7, 11) is 3.17. The molecule has 0 bridgehead atoms. The van der Waals surface area contributed by atoms with Gasteiger partial charge in [0.1, 0.15) is 17.6 Å². The molecule has 106 valence electrons. The maximum Gasteiger partial charge on any atom is 0.137 e. The van der Waals surface area contributed by atoms with Gasteiger partial charge in [-0.15, -0.1) is 0 Å². The van der Waals surface area contributed by atoms with E-state index in [0.29, 0.717) is 16.3 Å². The molecule has 1 atom stereocenters. The summed E-state index contributed by atoms with van der Waals surface area (Å²) < 4.78 is 10.4. The van der Waals surface area contributed by atoms with E-state index >= 15 is 0 Å². The smallest absolute Gasteiger partial charge is 0.137 e. The van der Waals surface area contributed by atoms with E-state index in [9.17, 15) is 5.11 Å². The Hall–Kier alpha value is -1.71. The van der Waals surface area contributed by atoms with Crippen LogP contribution in [0.4, 0.5) is 0 Å². The van der Waals surface area contributed by atoms with Crippen LogP contribution in [-0.2, 0) is 0 Å². The molecule has 0 fully saturated rings. The quantitative estimate of drug-likeness (QED) is 0.933. The van der Waals surface area contributed by atoms with E-state index in [1.807, 2.05) is 25.1 Å². The van der Waals surface area contributed by atoms with Gasteiger partial charge in [0.15, 0.2) is 0 Å². The molecule has 20 heavy (non-hydrogen) atoms. The van der Waals surface area contributed by atoms with Crippen LogP contribution < -0.4 is 9.47 Å². The normalized spacial score (nSPS) is 12.1. The van der Waals surface area contributed by atoms with E-state index in [1.54, 1.807) is 32.4 Å². The summed E-state index contributed by atoms with van der Waals surface area (Å²) >= 11 is 6.08. The molecule has 0 aromatic heterocycles. The molecule has 0 radical (unpaired) electrons. The Kier molecular flexibility index (Phi) is 4.53. The first-order valence-electron chi connectivity index (χ1n) is 6.23. The standard InChI is InChI=1S/C16H17ClO3/c1-10-4-5-12(9-15(10)20-3)16(18)11-6-7-14(19-2)13(17)8-11/h4-9,16,18H,1-3H3. The highest BCUT2D eigenvalue weighted by molar-refractivity contribution is 6.32. The number of methoxy groups -OCH3 is 2. The Morgan fingerprint density at radius 1 is 0.950 bits per heavy atom. The van der Waals surface area contributed by atoms with Crippen LogP contribution in [0.25, 0.3) is 0 Å². The third-order valence-corrected chi connectivity index (χ3v) is 3.53. The molecule has 0 aliphatic heterocycles. The summed E-state index contributed by atoms with van der Waals surface area (Å²) in [6.45, 7) is 1.96. The summed E-state index contributed by atoms with van der Waals surface area (Å²) in [5, 5.41) is 10.9. The predicted molar refractivity (Wildman–Crippen MR) is 79.8 cm³/mol. The minimum absolute atomic E-state index is 0.475. The Morgan fingerprint density at radius 2 is 1.55 bits per heavy atom. The molecule has 4 heteroatoms. The van der Waals surface area contributed by atoms with Gasteiger partial charge < -0.3 is 14.6 Å². The number of benzene rings is 2. The molecule has 0 spiro atoms. The molecule has 0 saturated carbocycles. The lowest BCUT2D eigenvalue weighted by atomic mass is 10.00. The van der Waals surface area contributed by atoms with Crippen molar-refractivity contribution < 1.29 is 14.6 Å². The van der Waals surface area contributed by atoms with E-state index in [4.69, 9.17) is 21.1 Å². The lowest BCUT2D eigenvalue weighted by molar-refractivity contribution is 0.219. The molecule has 0 amide bonds. The second-order valence-corrected chi connectivity index (χ2v) is 4.93. The van der Waals surface area contributed by atoms with Crippen molar-refractivity contribution in [2.75, 3.05) is 14.2 Å². The van der Waals surface area contributed by atoms with Gasteiger partial charge >= 0.3 is 0 Å². The number of rotatable bonds is 4. The number of ether oxygens (including phenoxy) is 2. The number of aryl methyl sites for hydroxylation is 1. The maximum atomic E-state index is 10.4. The molecule has 2 aromatic rings. The van der Waals surface area contributed by atoms with Crippen LogP contribution in [0.3, 0.4) is 0 Å². The zero-order chi connectivity index (χ0) is 14.7. The highest BCUT2D eigenvalue weighted by atomic mass is 35.5. The van der Waals surface area contributed by atoms with Crippen molar-refractivity contribution in [3.63, 3.8) is 0 Å². The zero-order valence-corrected chi connectivity index (χ0v) is 12.4. The van der Waals surface area contributed by atoms with Crippen molar-refractivity contribution in [2.24, 2.45) is 0 Å². The highest BCUT2D eigenvalue weighted by Gasteiger charge is 2.14. The molecule has 3 nitrogen and oxygen atoms in total. The van der Waals surface area contributed by atoms with Crippen molar-refractivity contribution in [1.29, 1.82) is 0 Å². The van der Waals surface area contributed by atoms with Crippen LogP contribution >= 0.6 is 11.6 Å². The zero-order valence-electron chi connectivity index (χ0n) is 11.7. The average molecular weight is 293 g/mol. The Labute approximate surface area is 123 Å². The number of aliphatic hydroxyl groups is 1. The van der Waals surface area contributed by atoms with E-state index in [-0.39, 0.29) is 0 Å². The van der Waals surface area contributed by atoms with Crippen LogP contribution in [0.5, 0.6) is 11.5 Å². The van der Waals surface area contributed by atoms with E-state index in [2.05, 4.69) is 0 Å². The van der Waals surface area contributed by atoms with E-state index < -0.39 is 6.10 Å². The monoisotopic (exact) mass is 292 g/mol. The minimum atomic E-state index is -0.757. The topological polar surface area (TPSA) is 38.7 Å². The first kappa shape index (κ1) is 14.7. The van der Waals surface area contributed by atoms with Crippen molar-refractivity contribution >= 4 is 11.6 Å². The fourth-order valence-corrected chi connectivity index (χ4v) is 2.32. The molecule has 2 rings (SSSR count). The maximum absolute atomic E-state index is 10.4. The van der Waals surface area contributed by atoms with Crippen molar-refractivity contribution in [1.82, 2.24) is 0 Å². The summed E-state index contributed by atoms with van der Waals surface area (Å²) in [5.41, 5.74) is 2.49. The van der Waals surface area contributed by atoms with E-state index in [0.717, 1.165) is 16.9 Å². The van der Waals surface area contributed by atoms with E-state index in [1.165, 1.54) is 0 Å². The lowest BCUT2D eigenvalue weighted by Gasteiger charge is -2.15. The van der Waals surface area contributed by atoms with Gasteiger partial charge in [0, 0.05) is 0 Å². The van der Waals surface area contributed by atoms with Gasteiger partial charge in [-0.3, -0.25) is 0 Å². The molecule has 0 saturated heterocycles. The van der Waals surface area contributed by atoms with Gasteiger partial charge in [-0.25, -0.2) is 0 Å². The summed E-state index contributed by atoms with van der Waals surface area (Å²) in [5.74, 6) is 1.34. The second kappa shape index (κ2) is 6.16. The van der Waals surface area contributed by atoms with Gasteiger partial charge in [0.2, 0.25) is 0 Å². The van der Waals surface area contributed by atoms with Crippen molar-refractivity contribution in [3.05, 3.63) is 58.1 Å². The second-order valence-electron chi connectivity index (χ2n) is 4.53. The Morgan fingerprint density at radius 3 is 2.15 bits per heavy atom. The third-order valence-electron chi connectivity index (χ3n) is 3.24.